The topological polar surface area (TPSA) is 61.9 Å². The summed E-state index contributed by atoms with van der Waals surface area (Å²) in [4.78, 5) is 30.0. The molecule has 6 nitrogen and oxygen atoms in total. The van der Waals surface area contributed by atoms with Crippen LogP contribution in [0.3, 0.4) is 0 Å². The van der Waals surface area contributed by atoms with Gasteiger partial charge in [-0.2, -0.15) is 0 Å². The van der Waals surface area contributed by atoms with Crippen LogP contribution in [0.1, 0.15) is 12.0 Å². The molecule has 2 aromatic carbocycles. The van der Waals surface area contributed by atoms with Crippen LogP contribution in [-0.2, 0) is 16.0 Å². The van der Waals surface area contributed by atoms with Gasteiger partial charge in [-0.1, -0.05) is 18.2 Å². The lowest BCUT2D eigenvalue weighted by atomic mass is 10.1. The van der Waals surface area contributed by atoms with Gasteiger partial charge in [0.2, 0.25) is 11.8 Å². The highest BCUT2D eigenvalue weighted by molar-refractivity contribution is 7.98. The van der Waals surface area contributed by atoms with Crippen molar-refractivity contribution in [3.05, 3.63) is 54.1 Å². The number of amides is 2. The van der Waals surface area contributed by atoms with E-state index in [0.29, 0.717) is 39.1 Å². The van der Waals surface area contributed by atoms with Crippen LogP contribution in [0.2, 0.25) is 0 Å². The minimum Gasteiger partial charge on any atom is -0.497 e. The highest BCUT2D eigenvalue weighted by Gasteiger charge is 2.22. The predicted octanol–water partition coefficient (Wildman–Crippen LogP) is 3.13. The second-order valence-electron chi connectivity index (χ2n) is 7.29. The lowest BCUT2D eigenvalue weighted by Gasteiger charge is -2.34. The summed E-state index contributed by atoms with van der Waals surface area (Å²) in [6.45, 7) is 3.10. The molecule has 7 heteroatoms. The number of hydrogen-bond donors (Lipinski definition) is 1. The van der Waals surface area contributed by atoms with E-state index in [1.165, 1.54) is 0 Å². The number of nitrogens with zero attached hydrogens (tertiary/aromatic N) is 2. The van der Waals surface area contributed by atoms with E-state index in [1.807, 2.05) is 59.7 Å². The summed E-state index contributed by atoms with van der Waals surface area (Å²) in [6.07, 6.45) is 3.23. The number of thioether (sulfide) groups is 1. The molecule has 30 heavy (non-hydrogen) atoms. The largest absolute Gasteiger partial charge is 0.497 e. The van der Waals surface area contributed by atoms with Crippen LogP contribution < -0.4 is 10.1 Å². The number of rotatable bonds is 8. The molecule has 1 aliphatic heterocycles. The van der Waals surface area contributed by atoms with Crippen molar-refractivity contribution in [3.63, 3.8) is 0 Å². The molecular weight excluding hydrogens is 398 g/mol. The lowest BCUT2D eigenvalue weighted by Crippen LogP contribution is -2.50. The van der Waals surface area contributed by atoms with E-state index in [1.54, 1.807) is 18.9 Å². The van der Waals surface area contributed by atoms with E-state index in [4.69, 9.17) is 4.74 Å². The summed E-state index contributed by atoms with van der Waals surface area (Å²) in [5.74, 6) is 0.971. The maximum Gasteiger partial charge on any atom is 0.238 e. The van der Waals surface area contributed by atoms with Crippen molar-refractivity contribution in [2.24, 2.45) is 0 Å². The van der Waals surface area contributed by atoms with Gasteiger partial charge in [0.15, 0.2) is 0 Å². The monoisotopic (exact) mass is 427 g/mol. The Morgan fingerprint density at radius 1 is 1.07 bits per heavy atom. The standard InChI is InChI=1S/C23H29N3O3S/c1-29-20-9-6-18(7-10-20)8-11-23(28)26-14-12-25(13-15-26)17-22(27)24-19-4-3-5-21(16-19)30-2/h3-7,9-10,16H,8,11-15,17H2,1-2H3,(H,24,27). The summed E-state index contributed by atoms with van der Waals surface area (Å²) in [6, 6.07) is 15.7. The van der Waals surface area contributed by atoms with Gasteiger partial charge in [0, 0.05) is 43.2 Å². The second-order valence-corrected chi connectivity index (χ2v) is 8.16. The van der Waals surface area contributed by atoms with Crippen LogP contribution in [0, 0.1) is 0 Å². The number of benzene rings is 2. The van der Waals surface area contributed by atoms with E-state index in [9.17, 15) is 9.59 Å². The zero-order valence-corrected chi connectivity index (χ0v) is 18.4. The molecule has 1 fully saturated rings. The van der Waals surface area contributed by atoms with Crippen molar-refractivity contribution in [3.8, 4) is 5.75 Å². The van der Waals surface area contributed by atoms with Gasteiger partial charge >= 0.3 is 0 Å². The Kier molecular flexibility index (Phi) is 8.16. The summed E-state index contributed by atoms with van der Waals surface area (Å²) in [5, 5.41) is 2.96. The summed E-state index contributed by atoms with van der Waals surface area (Å²) in [7, 11) is 1.64. The van der Waals surface area contributed by atoms with Gasteiger partial charge in [0.05, 0.1) is 13.7 Å². The first-order valence-corrected chi connectivity index (χ1v) is 11.4. The summed E-state index contributed by atoms with van der Waals surface area (Å²) in [5.41, 5.74) is 1.95. The molecule has 0 atom stereocenters. The quantitative estimate of drug-likeness (QED) is 0.656. The fourth-order valence-electron chi connectivity index (χ4n) is 3.46. The van der Waals surface area contributed by atoms with Crippen molar-refractivity contribution < 1.29 is 14.3 Å². The second kappa shape index (κ2) is 11.0. The van der Waals surface area contributed by atoms with Crippen LogP contribution in [0.25, 0.3) is 0 Å². The summed E-state index contributed by atoms with van der Waals surface area (Å²) >= 11 is 1.65. The number of methoxy groups -OCH3 is 1. The molecule has 1 aliphatic rings. The molecule has 0 bridgehead atoms. The zero-order chi connectivity index (χ0) is 21.3. The smallest absolute Gasteiger partial charge is 0.238 e. The fourth-order valence-corrected chi connectivity index (χ4v) is 3.92. The van der Waals surface area contributed by atoms with Gasteiger partial charge < -0.3 is 15.0 Å². The van der Waals surface area contributed by atoms with Gasteiger partial charge in [0.1, 0.15) is 5.75 Å². The molecule has 2 aromatic rings. The van der Waals surface area contributed by atoms with Crippen molar-refractivity contribution in [1.82, 2.24) is 9.80 Å². The van der Waals surface area contributed by atoms with Crippen molar-refractivity contribution in [2.45, 2.75) is 17.7 Å². The number of nitrogens with one attached hydrogen (secondary N) is 1. The molecule has 0 unspecified atom stereocenters. The summed E-state index contributed by atoms with van der Waals surface area (Å²) < 4.78 is 5.16. The SMILES string of the molecule is COc1ccc(CCC(=O)N2CCN(CC(=O)Nc3cccc(SC)c3)CC2)cc1. The van der Waals surface area contributed by atoms with Gasteiger partial charge in [-0.25, -0.2) is 0 Å². The van der Waals surface area contributed by atoms with Crippen LogP contribution in [-0.4, -0.2) is 67.7 Å². The van der Waals surface area contributed by atoms with E-state index < -0.39 is 0 Å². The fraction of sp³-hybridized carbons (Fsp3) is 0.391. The number of aryl methyl sites for hydroxylation is 1. The molecule has 1 heterocycles. The molecule has 3 rings (SSSR count). The number of ether oxygens (including phenoxy) is 1. The average Bonchev–Trinajstić information content (AvgIpc) is 2.78. The predicted molar refractivity (Wildman–Crippen MR) is 121 cm³/mol. The Morgan fingerprint density at radius 3 is 2.47 bits per heavy atom. The number of hydrogen-bond acceptors (Lipinski definition) is 5. The normalized spacial score (nSPS) is 14.4. The molecule has 0 saturated carbocycles. The number of carbonyl (C=O) groups excluding carboxylic acids is 2. The first-order chi connectivity index (χ1) is 14.6. The zero-order valence-electron chi connectivity index (χ0n) is 17.6. The van der Waals surface area contributed by atoms with Gasteiger partial charge in [0.25, 0.3) is 0 Å². The molecule has 1 saturated heterocycles. The highest BCUT2D eigenvalue weighted by atomic mass is 32.2. The third kappa shape index (κ3) is 6.50. The molecule has 0 spiro atoms. The van der Waals surface area contributed by atoms with E-state index in [-0.39, 0.29) is 11.8 Å². The maximum atomic E-state index is 12.5. The van der Waals surface area contributed by atoms with Crippen LogP contribution in [0.5, 0.6) is 5.75 Å². The van der Waals surface area contributed by atoms with Gasteiger partial charge in [-0.05, 0) is 48.6 Å². The first-order valence-electron chi connectivity index (χ1n) is 10.1. The minimum absolute atomic E-state index is 0.0208. The molecule has 0 aliphatic carbocycles. The maximum absolute atomic E-state index is 12.5. The van der Waals surface area contributed by atoms with E-state index in [2.05, 4.69) is 10.2 Å². The Morgan fingerprint density at radius 2 is 1.80 bits per heavy atom. The molecular formula is C23H29N3O3S. The lowest BCUT2D eigenvalue weighted by molar-refractivity contribution is -0.133. The number of anilines is 1. The van der Waals surface area contributed by atoms with E-state index in [0.717, 1.165) is 28.3 Å². The Bertz CT molecular complexity index is 849. The Balaban J connectivity index is 1.39. The molecule has 0 aromatic heterocycles. The van der Waals surface area contributed by atoms with Gasteiger partial charge in [-0.3, -0.25) is 14.5 Å². The third-order valence-electron chi connectivity index (χ3n) is 5.23. The van der Waals surface area contributed by atoms with Crippen molar-refractivity contribution in [2.75, 3.05) is 51.4 Å². The van der Waals surface area contributed by atoms with Crippen molar-refractivity contribution in [1.29, 1.82) is 0 Å². The Labute approximate surface area is 182 Å². The van der Waals surface area contributed by atoms with Crippen LogP contribution in [0.15, 0.2) is 53.4 Å². The molecule has 2 amide bonds. The van der Waals surface area contributed by atoms with E-state index >= 15 is 0 Å². The van der Waals surface area contributed by atoms with Crippen LogP contribution in [0.4, 0.5) is 5.69 Å². The van der Waals surface area contributed by atoms with Crippen molar-refractivity contribution >= 4 is 29.3 Å². The molecule has 0 radical (unpaired) electrons. The molecule has 160 valence electrons. The third-order valence-corrected chi connectivity index (χ3v) is 5.96. The number of carbonyl (C=O) groups is 2. The highest BCUT2D eigenvalue weighted by Crippen LogP contribution is 2.19. The molecule has 1 N–H and O–H groups in total. The Hall–Kier alpha value is -2.51. The van der Waals surface area contributed by atoms with Gasteiger partial charge in [-0.15, -0.1) is 11.8 Å². The first kappa shape index (κ1) is 22.2. The average molecular weight is 428 g/mol. The minimum atomic E-state index is -0.0208. The number of piperazine rings is 1. The van der Waals surface area contributed by atoms with Crippen LogP contribution >= 0.6 is 11.8 Å².